The number of hydrogen-bond acceptors (Lipinski definition) is 6. The van der Waals surface area contributed by atoms with E-state index < -0.39 is 0 Å². The molecule has 0 amide bonds. The first-order valence-corrected chi connectivity index (χ1v) is 7.60. The molecular weight excluding hydrogens is 290 g/mol. The third kappa shape index (κ3) is 2.80. The van der Waals surface area contributed by atoms with Crippen LogP contribution in [-0.2, 0) is 0 Å². The summed E-state index contributed by atoms with van der Waals surface area (Å²) >= 11 is 0. The van der Waals surface area contributed by atoms with Crippen molar-refractivity contribution in [3.05, 3.63) is 30.1 Å². The number of aliphatic imine (C=N–C) groups is 1. The van der Waals surface area contributed by atoms with Gasteiger partial charge in [-0.15, -0.1) is 5.10 Å². The molecule has 2 heterocycles. The minimum absolute atomic E-state index is 0.283. The molecule has 0 radical (unpaired) electrons. The lowest BCUT2D eigenvalue weighted by Crippen LogP contribution is -2.40. The largest absolute Gasteiger partial charge is 0.404 e. The Balaban J connectivity index is 1.94. The fraction of sp³-hybridized carbons (Fsp3) is 0.438. The molecule has 1 aliphatic carbocycles. The molecule has 2 aromatic rings. The second-order valence-electron chi connectivity index (χ2n) is 6.15. The van der Waals surface area contributed by atoms with Gasteiger partial charge in [0.15, 0.2) is 11.5 Å². The van der Waals surface area contributed by atoms with E-state index in [2.05, 4.69) is 33.1 Å². The highest BCUT2D eigenvalue weighted by Gasteiger charge is 2.41. The normalized spacial score (nSPS) is 24.7. The smallest absolute Gasteiger partial charge is 0.166 e. The van der Waals surface area contributed by atoms with Crippen molar-refractivity contribution in [1.82, 2.24) is 19.6 Å². The second kappa shape index (κ2) is 5.80. The summed E-state index contributed by atoms with van der Waals surface area (Å²) in [4.78, 5) is 13.3. The molecule has 7 nitrogen and oxygen atoms in total. The van der Waals surface area contributed by atoms with Crippen molar-refractivity contribution in [2.75, 3.05) is 0 Å². The quantitative estimate of drug-likeness (QED) is 0.868. The third-order valence-electron chi connectivity index (χ3n) is 4.14. The van der Waals surface area contributed by atoms with Crippen molar-refractivity contribution in [2.24, 2.45) is 16.6 Å². The van der Waals surface area contributed by atoms with E-state index in [0.717, 1.165) is 12.8 Å². The van der Waals surface area contributed by atoms with Gasteiger partial charge in [0.05, 0.1) is 23.6 Å². The average molecular weight is 309 g/mol. The molecule has 0 aliphatic heterocycles. The zero-order valence-electron chi connectivity index (χ0n) is 13.3. The van der Waals surface area contributed by atoms with E-state index >= 15 is 0 Å². The van der Waals surface area contributed by atoms with Crippen molar-refractivity contribution in [2.45, 2.75) is 38.6 Å². The lowest BCUT2D eigenvalue weighted by Gasteiger charge is -2.41. The van der Waals surface area contributed by atoms with Crippen molar-refractivity contribution in [3.63, 3.8) is 0 Å². The first-order chi connectivity index (χ1) is 11.1. The highest BCUT2D eigenvalue weighted by molar-refractivity contribution is 6.08. The summed E-state index contributed by atoms with van der Waals surface area (Å²) in [5.74, 6) is 1.86. The zero-order chi connectivity index (χ0) is 16.4. The van der Waals surface area contributed by atoms with E-state index in [4.69, 9.17) is 11.0 Å². The Kier molecular flexibility index (Phi) is 3.82. The number of aryl methyl sites for hydroxylation is 1. The van der Waals surface area contributed by atoms with Gasteiger partial charge in [-0.3, -0.25) is 4.99 Å². The Bertz CT molecular complexity index is 819. The molecule has 23 heavy (non-hydrogen) atoms. The Hall–Kier alpha value is -2.75. The zero-order valence-corrected chi connectivity index (χ0v) is 13.3. The van der Waals surface area contributed by atoms with Crippen LogP contribution in [0.3, 0.4) is 0 Å². The SMILES string of the molecule is Cc1nc2ccnc(C(C=NC3(CC#N)CC(C)C3)=CN)n2n1. The molecule has 0 spiro atoms. The molecular formula is C16H19N7. The van der Waals surface area contributed by atoms with E-state index in [1.54, 1.807) is 23.0 Å². The van der Waals surface area contributed by atoms with Gasteiger partial charge in [0, 0.05) is 24.7 Å². The van der Waals surface area contributed by atoms with Crippen LogP contribution in [0.25, 0.3) is 11.2 Å². The lowest BCUT2D eigenvalue weighted by molar-refractivity contribution is 0.171. The van der Waals surface area contributed by atoms with Crippen LogP contribution in [0, 0.1) is 24.2 Å². The van der Waals surface area contributed by atoms with Gasteiger partial charge in [-0.05, 0) is 25.7 Å². The summed E-state index contributed by atoms with van der Waals surface area (Å²) in [6, 6.07) is 4.03. The standard InChI is InChI=1S/C16H19N7/c1-11-7-16(8-11,4-5-17)20-10-13(9-18)15-19-6-3-14-21-12(2)22-23(14)15/h3,6,9-11H,4,7-8,18H2,1-2H3. The fourth-order valence-corrected chi connectivity index (χ4v) is 3.18. The summed E-state index contributed by atoms with van der Waals surface area (Å²) in [6.45, 7) is 4.00. The second-order valence-corrected chi connectivity index (χ2v) is 6.15. The van der Waals surface area contributed by atoms with Crippen LogP contribution in [0.15, 0.2) is 23.5 Å². The molecule has 7 heteroatoms. The Morgan fingerprint density at radius 3 is 3.04 bits per heavy atom. The van der Waals surface area contributed by atoms with Crippen LogP contribution >= 0.6 is 0 Å². The maximum Gasteiger partial charge on any atom is 0.166 e. The minimum atomic E-state index is -0.283. The summed E-state index contributed by atoms with van der Waals surface area (Å²) in [5, 5.41) is 13.4. The van der Waals surface area contributed by atoms with Crippen LogP contribution in [0.2, 0.25) is 0 Å². The number of fused-ring (bicyclic) bond motifs is 1. The molecule has 1 saturated carbocycles. The molecule has 2 N–H and O–H groups in total. The topological polar surface area (TPSA) is 105 Å². The maximum absolute atomic E-state index is 9.04. The predicted octanol–water partition coefficient (Wildman–Crippen LogP) is 1.89. The van der Waals surface area contributed by atoms with E-state index in [1.165, 1.54) is 6.20 Å². The molecule has 0 bridgehead atoms. The van der Waals surface area contributed by atoms with Gasteiger partial charge in [-0.2, -0.15) is 9.78 Å². The predicted molar refractivity (Wildman–Crippen MR) is 87.5 cm³/mol. The van der Waals surface area contributed by atoms with Crippen LogP contribution in [0.1, 0.15) is 37.8 Å². The van der Waals surface area contributed by atoms with E-state index in [-0.39, 0.29) is 5.54 Å². The number of allylic oxidation sites excluding steroid dienone is 1. The summed E-state index contributed by atoms with van der Waals surface area (Å²) in [6.07, 6.45) is 7.12. The van der Waals surface area contributed by atoms with Gasteiger partial charge in [0.2, 0.25) is 0 Å². The number of nitriles is 1. The first kappa shape index (κ1) is 15.2. The van der Waals surface area contributed by atoms with Gasteiger partial charge >= 0.3 is 0 Å². The molecule has 0 aromatic carbocycles. The molecule has 118 valence electrons. The molecule has 1 aliphatic rings. The monoisotopic (exact) mass is 309 g/mol. The van der Waals surface area contributed by atoms with Crippen molar-refractivity contribution < 1.29 is 0 Å². The van der Waals surface area contributed by atoms with Crippen LogP contribution in [-0.4, -0.2) is 31.3 Å². The van der Waals surface area contributed by atoms with Gasteiger partial charge in [-0.25, -0.2) is 9.97 Å². The Morgan fingerprint density at radius 1 is 1.61 bits per heavy atom. The van der Waals surface area contributed by atoms with E-state index in [0.29, 0.717) is 35.2 Å². The van der Waals surface area contributed by atoms with E-state index in [1.807, 2.05) is 6.92 Å². The number of nitrogens with two attached hydrogens (primary N) is 1. The Morgan fingerprint density at radius 2 is 2.39 bits per heavy atom. The fourth-order valence-electron chi connectivity index (χ4n) is 3.18. The third-order valence-corrected chi connectivity index (χ3v) is 4.14. The maximum atomic E-state index is 9.04. The van der Waals surface area contributed by atoms with Crippen molar-refractivity contribution >= 4 is 17.4 Å². The highest BCUT2D eigenvalue weighted by Crippen LogP contribution is 2.43. The van der Waals surface area contributed by atoms with Crippen LogP contribution in [0.5, 0.6) is 0 Å². The molecule has 0 saturated heterocycles. The number of aromatic nitrogens is 4. The summed E-state index contributed by atoms with van der Waals surface area (Å²) in [5.41, 5.74) is 6.87. The minimum Gasteiger partial charge on any atom is -0.404 e. The van der Waals surface area contributed by atoms with Gasteiger partial charge in [0.25, 0.3) is 0 Å². The summed E-state index contributed by atoms with van der Waals surface area (Å²) in [7, 11) is 0. The Labute approximate surface area is 134 Å². The average Bonchev–Trinajstić information content (AvgIpc) is 2.87. The number of hydrogen-bond donors (Lipinski definition) is 1. The molecule has 0 atom stereocenters. The van der Waals surface area contributed by atoms with Gasteiger partial charge in [-0.1, -0.05) is 6.92 Å². The van der Waals surface area contributed by atoms with E-state index in [9.17, 15) is 0 Å². The first-order valence-electron chi connectivity index (χ1n) is 7.60. The van der Waals surface area contributed by atoms with Gasteiger partial charge in [0.1, 0.15) is 5.82 Å². The molecule has 2 aromatic heterocycles. The molecule has 3 rings (SSSR count). The molecule has 0 unspecified atom stereocenters. The lowest BCUT2D eigenvalue weighted by atomic mass is 9.68. The van der Waals surface area contributed by atoms with Crippen LogP contribution < -0.4 is 5.73 Å². The van der Waals surface area contributed by atoms with Crippen molar-refractivity contribution in [3.8, 4) is 6.07 Å². The van der Waals surface area contributed by atoms with Crippen LogP contribution in [0.4, 0.5) is 0 Å². The number of nitrogens with zero attached hydrogens (tertiary/aromatic N) is 6. The van der Waals surface area contributed by atoms with Gasteiger partial charge < -0.3 is 5.73 Å². The van der Waals surface area contributed by atoms with Crippen molar-refractivity contribution in [1.29, 1.82) is 5.26 Å². The highest BCUT2D eigenvalue weighted by atomic mass is 15.3. The summed E-state index contributed by atoms with van der Waals surface area (Å²) < 4.78 is 1.65. The molecule has 1 fully saturated rings. The number of rotatable bonds is 4.